The number of aromatic nitrogens is 4. The van der Waals surface area contributed by atoms with E-state index >= 15 is 0 Å². The van der Waals surface area contributed by atoms with Crippen LogP contribution in [0.15, 0.2) is 48.9 Å². The van der Waals surface area contributed by atoms with Crippen molar-refractivity contribution in [3.8, 4) is 5.75 Å². The van der Waals surface area contributed by atoms with E-state index in [0.29, 0.717) is 37.2 Å². The zero-order valence-electron chi connectivity index (χ0n) is 22.0. The van der Waals surface area contributed by atoms with Crippen molar-refractivity contribution in [2.75, 3.05) is 26.2 Å². The van der Waals surface area contributed by atoms with E-state index in [-0.39, 0.29) is 42.8 Å². The van der Waals surface area contributed by atoms with Crippen LogP contribution in [0.3, 0.4) is 0 Å². The largest absolute Gasteiger partial charge is 0.491 e. The van der Waals surface area contributed by atoms with E-state index in [4.69, 9.17) is 4.74 Å². The van der Waals surface area contributed by atoms with E-state index in [1.807, 2.05) is 13.8 Å². The number of carbonyl (C=O) groups is 3. The van der Waals surface area contributed by atoms with Crippen molar-refractivity contribution >= 4 is 17.7 Å². The summed E-state index contributed by atoms with van der Waals surface area (Å²) in [6.45, 7) is 5.10. The molecule has 206 valence electrons. The summed E-state index contributed by atoms with van der Waals surface area (Å²) in [7, 11) is 0. The summed E-state index contributed by atoms with van der Waals surface area (Å²) < 4.78 is 21.5. The molecule has 3 aromatic rings. The molecule has 0 spiro atoms. The van der Waals surface area contributed by atoms with Crippen LogP contribution in [0.4, 0.5) is 4.39 Å². The number of hydrogen-bond donors (Lipinski definition) is 2. The van der Waals surface area contributed by atoms with Crippen molar-refractivity contribution in [2.24, 2.45) is 5.92 Å². The lowest BCUT2D eigenvalue weighted by Gasteiger charge is -2.24. The molecule has 12 heteroatoms. The van der Waals surface area contributed by atoms with Crippen LogP contribution in [0, 0.1) is 11.7 Å². The number of ether oxygens (including phenoxy) is 1. The Hall–Kier alpha value is -4.35. The lowest BCUT2D eigenvalue weighted by Crippen LogP contribution is -2.49. The summed E-state index contributed by atoms with van der Waals surface area (Å²) in [5.74, 6) is -1.55. The molecule has 0 saturated heterocycles. The van der Waals surface area contributed by atoms with Crippen LogP contribution in [0.1, 0.15) is 46.7 Å². The first-order valence-corrected chi connectivity index (χ1v) is 12.9. The Labute approximate surface area is 225 Å². The van der Waals surface area contributed by atoms with Gasteiger partial charge in [-0.2, -0.15) is 0 Å². The number of amides is 3. The molecule has 0 saturated carbocycles. The predicted octanol–water partition coefficient (Wildman–Crippen LogP) is 1.85. The number of hydrogen-bond acceptors (Lipinski definition) is 7. The van der Waals surface area contributed by atoms with Gasteiger partial charge in [-0.05, 0) is 42.7 Å². The monoisotopic (exact) mass is 537 g/mol. The number of nitrogens with zero attached hydrogens (tertiary/aromatic N) is 5. The maximum Gasteiger partial charge on any atom is 0.255 e. The van der Waals surface area contributed by atoms with Crippen LogP contribution < -0.4 is 15.4 Å². The van der Waals surface area contributed by atoms with E-state index in [2.05, 4.69) is 25.9 Å². The van der Waals surface area contributed by atoms with E-state index in [1.54, 1.807) is 34.1 Å². The fourth-order valence-corrected chi connectivity index (χ4v) is 4.23. The van der Waals surface area contributed by atoms with Crippen LogP contribution in [0.2, 0.25) is 0 Å². The Kier molecular flexibility index (Phi) is 9.18. The third kappa shape index (κ3) is 7.59. The number of fused-ring (bicyclic) bond motifs is 3. The average Bonchev–Trinajstić information content (AvgIpc) is 3.37. The first-order valence-electron chi connectivity index (χ1n) is 12.9. The van der Waals surface area contributed by atoms with Gasteiger partial charge < -0.3 is 20.3 Å². The lowest BCUT2D eigenvalue weighted by molar-refractivity contribution is -0.123. The van der Waals surface area contributed by atoms with E-state index < -0.39 is 23.7 Å². The van der Waals surface area contributed by atoms with Crippen LogP contribution in [-0.4, -0.2) is 74.9 Å². The van der Waals surface area contributed by atoms with Gasteiger partial charge in [-0.15, -0.1) is 5.10 Å². The smallest absolute Gasteiger partial charge is 0.255 e. The highest BCUT2D eigenvalue weighted by Gasteiger charge is 2.25. The average molecular weight is 538 g/mol. The normalized spacial score (nSPS) is 17.3. The summed E-state index contributed by atoms with van der Waals surface area (Å²) in [4.78, 5) is 45.1. The molecule has 0 fully saturated rings. The fraction of sp³-hybridized carbons (Fsp3) is 0.407. The highest BCUT2D eigenvalue weighted by molar-refractivity contribution is 5.99. The lowest BCUT2D eigenvalue weighted by atomic mass is 10.0. The molecular weight excluding hydrogens is 505 g/mol. The van der Waals surface area contributed by atoms with Crippen LogP contribution in [0.5, 0.6) is 5.75 Å². The first kappa shape index (κ1) is 27.7. The SMILES string of the molecule is CC(C)C[C@H]1NC(=O)c2cc(F)ccc2OCCn2cc(nn2)CCN(C(=O)c2cccnc2)CCNC1=O. The van der Waals surface area contributed by atoms with Gasteiger partial charge in [0.1, 0.15) is 24.2 Å². The number of carbonyl (C=O) groups excluding carboxylic acids is 3. The van der Waals surface area contributed by atoms with Crippen molar-refractivity contribution in [2.45, 2.75) is 39.3 Å². The van der Waals surface area contributed by atoms with Crippen molar-refractivity contribution in [3.63, 3.8) is 0 Å². The van der Waals surface area contributed by atoms with Gasteiger partial charge in [0.2, 0.25) is 5.91 Å². The molecule has 11 nitrogen and oxygen atoms in total. The highest BCUT2D eigenvalue weighted by Crippen LogP contribution is 2.21. The fourth-order valence-electron chi connectivity index (χ4n) is 4.23. The maximum atomic E-state index is 14.1. The van der Waals surface area contributed by atoms with E-state index in [0.717, 1.165) is 6.07 Å². The van der Waals surface area contributed by atoms with Gasteiger partial charge in [0, 0.05) is 44.6 Å². The molecule has 0 radical (unpaired) electrons. The Morgan fingerprint density at radius 1 is 1.21 bits per heavy atom. The van der Waals surface area contributed by atoms with Gasteiger partial charge in [0.25, 0.3) is 11.8 Å². The minimum absolute atomic E-state index is 0.00908. The summed E-state index contributed by atoms with van der Waals surface area (Å²) in [6, 6.07) is 6.20. The van der Waals surface area contributed by atoms with Crippen LogP contribution >= 0.6 is 0 Å². The summed E-state index contributed by atoms with van der Waals surface area (Å²) >= 11 is 0. The van der Waals surface area contributed by atoms with Gasteiger partial charge in [-0.25, -0.2) is 9.07 Å². The molecule has 1 atom stereocenters. The number of rotatable bonds is 3. The van der Waals surface area contributed by atoms with Gasteiger partial charge in [0.05, 0.1) is 23.4 Å². The Bertz CT molecular complexity index is 1300. The third-order valence-electron chi connectivity index (χ3n) is 6.19. The number of pyridine rings is 1. The van der Waals surface area contributed by atoms with Gasteiger partial charge >= 0.3 is 0 Å². The molecule has 1 aliphatic heterocycles. The summed E-state index contributed by atoms with van der Waals surface area (Å²) in [6.07, 6.45) is 5.67. The molecule has 39 heavy (non-hydrogen) atoms. The Morgan fingerprint density at radius 2 is 2.05 bits per heavy atom. The summed E-state index contributed by atoms with van der Waals surface area (Å²) in [5.41, 5.74) is 1.11. The van der Waals surface area contributed by atoms with Gasteiger partial charge in [0.15, 0.2) is 0 Å². The molecule has 2 N–H and O–H groups in total. The molecule has 4 rings (SSSR count). The molecule has 1 aromatic carbocycles. The standard InChI is InChI=1S/C27H32FN7O4/c1-18(2)14-23-26(37)30-9-11-34(27(38)19-4-3-8-29-16-19)10-7-21-17-35(33-32-21)12-13-39-24-6-5-20(28)15-22(24)25(36)31-23/h3-6,8,15-18,23H,7,9-14H2,1-2H3,(H,30,37)(H,31,36)/t23-/m1/s1. The van der Waals surface area contributed by atoms with Crippen molar-refractivity contribution in [1.29, 1.82) is 0 Å². The second-order valence-corrected chi connectivity index (χ2v) is 9.69. The van der Waals surface area contributed by atoms with Crippen molar-refractivity contribution in [1.82, 2.24) is 35.5 Å². The minimum Gasteiger partial charge on any atom is -0.491 e. The second kappa shape index (κ2) is 12.9. The van der Waals surface area contributed by atoms with Crippen molar-refractivity contribution < 1.29 is 23.5 Å². The molecule has 2 aromatic heterocycles. The molecule has 1 aliphatic rings. The Morgan fingerprint density at radius 3 is 2.82 bits per heavy atom. The molecule has 3 heterocycles. The molecule has 2 bridgehead atoms. The number of nitrogens with one attached hydrogen (secondary N) is 2. The maximum absolute atomic E-state index is 14.1. The number of halogens is 1. The third-order valence-corrected chi connectivity index (χ3v) is 6.19. The predicted molar refractivity (Wildman–Crippen MR) is 139 cm³/mol. The second-order valence-electron chi connectivity index (χ2n) is 9.69. The zero-order chi connectivity index (χ0) is 27.8. The molecule has 0 unspecified atom stereocenters. The molecular formula is C27H32FN7O4. The molecule has 0 aliphatic carbocycles. The zero-order valence-corrected chi connectivity index (χ0v) is 22.0. The van der Waals surface area contributed by atoms with Gasteiger partial charge in [-0.3, -0.25) is 19.4 Å². The quantitative estimate of drug-likeness (QED) is 0.521. The van der Waals surface area contributed by atoms with Crippen molar-refractivity contribution in [3.05, 3.63) is 71.6 Å². The van der Waals surface area contributed by atoms with Crippen LogP contribution in [-0.2, 0) is 17.8 Å². The van der Waals surface area contributed by atoms with E-state index in [9.17, 15) is 18.8 Å². The minimum atomic E-state index is -0.861. The first-order chi connectivity index (χ1) is 18.8. The topological polar surface area (TPSA) is 131 Å². The Balaban J connectivity index is 1.59. The summed E-state index contributed by atoms with van der Waals surface area (Å²) in [5, 5.41) is 13.9. The van der Waals surface area contributed by atoms with Crippen LogP contribution in [0.25, 0.3) is 0 Å². The molecule has 3 amide bonds. The highest BCUT2D eigenvalue weighted by atomic mass is 19.1. The number of benzene rings is 1. The van der Waals surface area contributed by atoms with E-state index in [1.165, 1.54) is 18.3 Å². The van der Waals surface area contributed by atoms with Gasteiger partial charge in [-0.1, -0.05) is 19.1 Å².